The van der Waals surface area contributed by atoms with Gasteiger partial charge in [-0.05, 0) is 58.7 Å². The molecule has 176 valence electrons. The Morgan fingerprint density at radius 3 is 2.76 bits per heavy atom. The quantitative estimate of drug-likeness (QED) is 0.292. The first kappa shape index (κ1) is 23.7. The SMILES string of the molecule is COCCCNC(=O)c1cc(Oc2ccc3c(c2)nc(Nc2ccc(Br)c(F)c2)n3C)ccn1. The number of nitrogens with one attached hydrogen (secondary N) is 2. The molecule has 8 nitrogen and oxygen atoms in total. The van der Waals surface area contributed by atoms with Crippen molar-refractivity contribution in [1.82, 2.24) is 19.9 Å². The van der Waals surface area contributed by atoms with Crippen LogP contribution in [0.1, 0.15) is 16.9 Å². The number of carbonyl (C=O) groups is 1. The number of pyridine rings is 1. The van der Waals surface area contributed by atoms with Gasteiger partial charge in [0, 0.05) is 51.3 Å². The van der Waals surface area contributed by atoms with Gasteiger partial charge in [-0.2, -0.15) is 0 Å². The molecule has 0 atom stereocenters. The number of rotatable bonds is 9. The summed E-state index contributed by atoms with van der Waals surface area (Å²) < 4.78 is 27.1. The number of nitrogens with zero attached hydrogens (tertiary/aromatic N) is 3. The number of hydrogen-bond acceptors (Lipinski definition) is 6. The maximum atomic E-state index is 13.9. The lowest BCUT2D eigenvalue weighted by molar-refractivity contribution is 0.0943. The molecule has 10 heteroatoms. The van der Waals surface area contributed by atoms with Gasteiger partial charge in [0.2, 0.25) is 5.95 Å². The number of halogens is 2. The first-order chi connectivity index (χ1) is 16.4. The number of hydrogen-bond donors (Lipinski definition) is 2. The summed E-state index contributed by atoms with van der Waals surface area (Å²) in [6, 6.07) is 13.6. The number of aromatic nitrogens is 3. The molecule has 0 saturated carbocycles. The van der Waals surface area contributed by atoms with Gasteiger partial charge in [-0.1, -0.05) is 0 Å². The molecule has 1 amide bonds. The minimum atomic E-state index is -0.361. The van der Waals surface area contributed by atoms with Gasteiger partial charge in [-0.25, -0.2) is 9.37 Å². The second-order valence-electron chi connectivity index (χ2n) is 7.48. The van der Waals surface area contributed by atoms with E-state index in [2.05, 4.69) is 36.5 Å². The molecule has 0 aliphatic carbocycles. The maximum Gasteiger partial charge on any atom is 0.270 e. The Labute approximate surface area is 204 Å². The van der Waals surface area contributed by atoms with Crippen molar-refractivity contribution in [2.45, 2.75) is 6.42 Å². The van der Waals surface area contributed by atoms with E-state index in [0.717, 1.165) is 11.9 Å². The standard InChI is InChI=1S/C24H23BrFN5O3/c1-31-22-7-5-16(13-20(22)30-24(31)29-15-4-6-18(25)19(26)12-15)34-17-8-10-27-21(14-17)23(32)28-9-3-11-33-2/h4-8,10,12-14H,3,9,11H2,1-2H3,(H,28,32)(H,29,30). The lowest BCUT2D eigenvalue weighted by atomic mass is 10.3. The average molecular weight is 528 g/mol. The van der Waals surface area contributed by atoms with E-state index in [-0.39, 0.29) is 17.4 Å². The maximum absolute atomic E-state index is 13.9. The average Bonchev–Trinajstić information content (AvgIpc) is 3.13. The molecule has 0 radical (unpaired) electrons. The molecule has 0 spiro atoms. The molecule has 0 unspecified atom stereocenters. The Kier molecular flexibility index (Phi) is 7.39. The highest BCUT2D eigenvalue weighted by atomic mass is 79.9. The predicted octanol–water partition coefficient (Wildman–Crippen LogP) is 5.17. The molecule has 0 fully saturated rings. The fourth-order valence-electron chi connectivity index (χ4n) is 3.30. The Morgan fingerprint density at radius 1 is 1.15 bits per heavy atom. The fourth-order valence-corrected chi connectivity index (χ4v) is 3.55. The van der Waals surface area contributed by atoms with E-state index < -0.39 is 0 Å². The normalized spacial score (nSPS) is 10.9. The third kappa shape index (κ3) is 5.52. The van der Waals surface area contributed by atoms with Crippen LogP contribution in [0.25, 0.3) is 11.0 Å². The zero-order chi connectivity index (χ0) is 24.1. The van der Waals surface area contributed by atoms with Crippen LogP contribution in [0.5, 0.6) is 11.5 Å². The zero-order valence-corrected chi connectivity index (χ0v) is 20.2. The monoisotopic (exact) mass is 527 g/mol. The van der Waals surface area contributed by atoms with Gasteiger partial charge in [-0.3, -0.25) is 9.78 Å². The van der Waals surface area contributed by atoms with E-state index in [1.807, 2.05) is 23.7 Å². The number of benzene rings is 2. The second-order valence-corrected chi connectivity index (χ2v) is 8.33. The number of ether oxygens (including phenoxy) is 2. The fraction of sp³-hybridized carbons (Fsp3) is 0.208. The number of fused-ring (bicyclic) bond motifs is 1. The highest BCUT2D eigenvalue weighted by Crippen LogP contribution is 2.29. The van der Waals surface area contributed by atoms with Crippen molar-refractivity contribution >= 4 is 44.5 Å². The van der Waals surface area contributed by atoms with Crippen LogP contribution in [-0.2, 0) is 11.8 Å². The number of anilines is 2. The van der Waals surface area contributed by atoms with Crippen LogP contribution in [0.3, 0.4) is 0 Å². The summed E-state index contributed by atoms with van der Waals surface area (Å²) in [4.78, 5) is 21.0. The molecule has 0 saturated heterocycles. The number of aryl methyl sites for hydroxylation is 1. The molecule has 4 aromatic rings. The lowest BCUT2D eigenvalue weighted by Gasteiger charge is -2.08. The van der Waals surface area contributed by atoms with Crippen molar-refractivity contribution in [3.63, 3.8) is 0 Å². The third-order valence-corrected chi connectivity index (χ3v) is 5.68. The summed E-state index contributed by atoms with van der Waals surface area (Å²) in [6.45, 7) is 1.07. The Morgan fingerprint density at radius 2 is 1.97 bits per heavy atom. The summed E-state index contributed by atoms with van der Waals surface area (Å²) in [6.07, 6.45) is 2.24. The first-order valence-electron chi connectivity index (χ1n) is 10.5. The minimum absolute atomic E-state index is 0.266. The molecule has 4 rings (SSSR count). The van der Waals surface area contributed by atoms with Crippen molar-refractivity contribution in [2.24, 2.45) is 7.05 Å². The van der Waals surface area contributed by atoms with E-state index in [1.165, 1.54) is 12.3 Å². The van der Waals surface area contributed by atoms with Crippen LogP contribution in [-0.4, -0.2) is 40.7 Å². The van der Waals surface area contributed by atoms with E-state index in [0.29, 0.717) is 46.3 Å². The molecular weight excluding hydrogens is 505 g/mol. The summed E-state index contributed by atoms with van der Waals surface area (Å²) >= 11 is 3.15. The summed E-state index contributed by atoms with van der Waals surface area (Å²) in [7, 11) is 3.49. The van der Waals surface area contributed by atoms with Gasteiger partial charge in [0.15, 0.2) is 0 Å². The predicted molar refractivity (Wildman–Crippen MR) is 131 cm³/mol. The highest BCUT2D eigenvalue weighted by molar-refractivity contribution is 9.10. The molecule has 2 aromatic carbocycles. The van der Waals surface area contributed by atoms with Crippen molar-refractivity contribution < 1.29 is 18.7 Å². The largest absolute Gasteiger partial charge is 0.457 e. The molecular formula is C24H23BrFN5O3. The van der Waals surface area contributed by atoms with Gasteiger partial charge in [0.25, 0.3) is 5.91 Å². The van der Waals surface area contributed by atoms with Crippen molar-refractivity contribution in [3.8, 4) is 11.5 Å². The van der Waals surface area contributed by atoms with Crippen LogP contribution in [0, 0.1) is 5.82 Å². The Balaban J connectivity index is 1.49. The van der Waals surface area contributed by atoms with E-state index in [9.17, 15) is 9.18 Å². The van der Waals surface area contributed by atoms with Gasteiger partial charge in [0.05, 0.1) is 15.5 Å². The summed E-state index contributed by atoms with van der Waals surface area (Å²) in [5, 5.41) is 5.93. The Hall–Kier alpha value is -3.50. The number of amides is 1. The second kappa shape index (κ2) is 10.6. The van der Waals surface area contributed by atoms with Crippen molar-refractivity contribution in [3.05, 3.63) is 70.7 Å². The number of methoxy groups -OCH3 is 1. The van der Waals surface area contributed by atoms with Crippen molar-refractivity contribution in [1.29, 1.82) is 0 Å². The highest BCUT2D eigenvalue weighted by Gasteiger charge is 2.12. The number of imidazole rings is 1. The molecule has 0 bridgehead atoms. The minimum Gasteiger partial charge on any atom is -0.457 e. The van der Waals surface area contributed by atoms with Crippen LogP contribution >= 0.6 is 15.9 Å². The lowest BCUT2D eigenvalue weighted by Crippen LogP contribution is -2.26. The van der Waals surface area contributed by atoms with Crippen LogP contribution in [0.2, 0.25) is 0 Å². The van der Waals surface area contributed by atoms with Gasteiger partial charge in [-0.15, -0.1) is 0 Å². The van der Waals surface area contributed by atoms with E-state index >= 15 is 0 Å². The topological polar surface area (TPSA) is 90.3 Å². The van der Waals surface area contributed by atoms with Gasteiger partial charge >= 0.3 is 0 Å². The smallest absolute Gasteiger partial charge is 0.270 e. The Bertz CT molecular complexity index is 1330. The molecule has 2 heterocycles. The van der Waals surface area contributed by atoms with E-state index in [4.69, 9.17) is 9.47 Å². The zero-order valence-electron chi connectivity index (χ0n) is 18.6. The molecule has 0 aliphatic heterocycles. The summed E-state index contributed by atoms with van der Waals surface area (Å²) in [5.41, 5.74) is 2.42. The van der Waals surface area contributed by atoms with Gasteiger partial charge in [0.1, 0.15) is 23.0 Å². The van der Waals surface area contributed by atoms with Crippen LogP contribution in [0.15, 0.2) is 59.2 Å². The molecule has 2 aromatic heterocycles. The number of carbonyl (C=O) groups excluding carboxylic acids is 1. The molecule has 0 aliphatic rings. The van der Waals surface area contributed by atoms with Gasteiger partial charge < -0.3 is 24.7 Å². The van der Waals surface area contributed by atoms with Crippen molar-refractivity contribution in [2.75, 3.05) is 25.6 Å². The third-order valence-electron chi connectivity index (χ3n) is 5.04. The van der Waals surface area contributed by atoms with Crippen LogP contribution < -0.4 is 15.4 Å². The van der Waals surface area contributed by atoms with E-state index in [1.54, 1.807) is 37.4 Å². The van der Waals surface area contributed by atoms with Crippen LogP contribution in [0.4, 0.5) is 16.0 Å². The molecule has 34 heavy (non-hydrogen) atoms. The summed E-state index contributed by atoms with van der Waals surface area (Å²) in [5.74, 6) is 0.965. The first-order valence-corrected chi connectivity index (χ1v) is 11.3. The molecule has 2 N–H and O–H groups in total.